The highest BCUT2D eigenvalue weighted by molar-refractivity contribution is 6.30. The Kier molecular flexibility index (Phi) is 6.26. The van der Waals surface area contributed by atoms with E-state index in [0.29, 0.717) is 36.8 Å². The average molecular weight is 372 g/mol. The van der Waals surface area contributed by atoms with Crippen molar-refractivity contribution in [2.75, 3.05) is 19.8 Å². The molecule has 1 N–H and O–H groups in total. The van der Waals surface area contributed by atoms with Crippen molar-refractivity contribution in [3.63, 3.8) is 0 Å². The Morgan fingerprint density at radius 3 is 2.88 bits per heavy atom. The van der Waals surface area contributed by atoms with Crippen LogP contribution in [-0.2, 0) is 17.7 Å². The van der Waals surface area contributed by atoms with Crippen LogP contribution in [0.15, 0.2) is 48.5 Å². The Balaban J connectivity index is 1.68. The van der Waals surface area contributed by atoms with Gasteiger partial charge in [-0.15, -0.1) is 0 Å². The van der Waals surface area contributed by atoms with Crippen molar-refractivity contribution in [3.05, 3.63) is 64.9 Å². The number of nitrogens with zero attached hydrogens (tertiary/aromatic N) is 2. The summed E-state index contributed by atoms with van der Waals surface area (Å²) in [5.74, 6) is 0.807. The number of benzene rings is 2. The SMILES string of the molecule is CCOCCn1c(CCNC(=O)c2cccc(Cl)c2)nc2ccccc21. The molecule has 0 saturated carbocycles. The number of imidazole rings is 1. The Morgan fingerprint density at radius 2 is 2.08 bits per heavy atom. The van der Waals surface area contributed by atoms with Gasteiger partial charge in [0.2, 0.25) is 0 Å². The number of hydrogen-bond acceptors (Lipinski definition) is 3. The van der Waals surface area contributed by atoms with Gasteiger partial charge in [-0.2, -0.15) is 0 Å². The molecule has 5 nitrogen and oxygen atoms in total. The molecule has 0 atom stereocenters. The summed E-state index contributed by atoms with van der Waals surface area (Å²) in [5.41, 5.74) is 2.60. The molecule has 0 aliphatic heterocycles. The molecule has 0 unspecified atom stereocenters. The second-order valence-corrected chi connectivity index (χ2v) is 6.32. The number of fused-ring (bicyclic) bond motifs is 1. The molecule has 136 valence electrons. The fraction of sp³-hybridized carbons (Fsp3) is 0.300. The van der Waals surface area contributed by atoms with E-state index in [0.717, 1.165) is 23.4 Å². The summed E-state index contributed by atoms with van der Waals surface area (Å²) in [5, 5.41) is 3.48. The molecule has 1 heterocycles. The number of halogens is 1. The zero-order chi connectivity index (χ0) is 18.4. The number of hydrogen-bond donors (Lipinski definition) is 1. The van der Waals surface area contributed by atoms with Crippen LogP contribution in [0.2, 0.25) is 5.02 Å². The number of para-hydroxylation sites is 2. The standard InChI is InChI=1S/C20H22ClN3O2/c1-2-26-13-12-24-18-9-4-3-8-17(18)23-19(24)10-11-22-20(25)15-6-5-7-16(21)14-15/h3-9,14H,2,10-13H2,1H3,(H,22,25). The summed E-state index contributed by atoms with van der Waals surface area (Å²) in [6.45, 7) is 4.56. The molecule has 0 bridgehead atoms. The third-order valence-corrected chi connectivity index (χ3v) is 4.35. The van der Waals surface area contributed by atoms with Crippen LogP contribution in [0.25, 0.3) is 11.0 Å². The first-order valence-corrected chi connectivity index (χ1v) is 9.12. The van der Waals surface area contributed by atoms with Crippen molar-refractivity contribution in [1.82, 2.24) is 14.9 Å². The molecule has 6 heteroatoms. The maximum absolute atomic E-state index is 12.2. The molecule has 0 spiro atoms. The maximum atomic E-state index is 12.2. The van der Waals surface area contributed by atoms with E-state index in [4.69, 9.17) is 21.3 Å². The fourth-order valence-electron chi connectivity index (χ4n) is 2.89. The number of ether oxygens (including phenoxy) is 1. The van der Waals surface area contributed by atoms with Crippen LogP contribution in [0.1, 0.15) is 23.1 Å². The molecule has 2 aromatic carbocycles. The van der Waals surface area contributed by atoms with Gasteiger partial charge in [-0.1, -0.05) is 29.8 Å². The van der Waals surface area contributed by atoms with Gasteiger partial charge in [-0.3, -0.25) is 4.79 Å². The Bertz CT molecular complexity index is 892. The molecule has 0 saturated heterocycles. The third-order valence-electron chi connectivity index (χ3n) is 4.12. The molecule has 0 fully saturated rings. The molecular formula is C20H22ClN3O2. The minimum absolute atomic E-state index is 0.135. The lowest BCUT2D eigenvalue weighted by Crippen LogP contribution is -2.26. The minimum atomic E-state index is -0.135. The number of carbonyl (C=O) groups excluding carboxylic acids is 1. The van der Waals surface area contributed by atoms with E-state index < -0.39 is 0 Å². The van der Waals surface area contributed by atoms with Crippen LogP contribution in [0.3, 0.4) is 0 Å². The van der Waals surface area contributed by atoms with Gasteiger partial charge in [0.25, 0.3) is 5.91 Å². The first kappa shape index (κ1) is 18.4. The summed E-state index contributed by atoms with van der Waals surface area (Å²) in [6, 6.07) is 15.0. The number of amides is 1. The summed E-state index contributed by atoms with van der Waals surface area (Å²) < 4.78 is 7.65. The lowest BCUT2D eigenvalue weighted by molar-refractivity contribution is 0.0953. The van der Waals surface area contributed by atoms with Crippen LogP contribution in [0, 0.1) is 0 Å². The van der Waals surface area contributed by atoms with Crippen molar-refractivity contribution in [2.45, 2.75) is 19.9 Å². The first-order valence-electron chi connectivity index (χ1n) is 8.74. The van der Waals surface area contributed by atoms with Gasteiger partial charge in [0, 0.05) is 36.7 Å². The van der Waals surface area contributed by atoms with Crippen LogP contribution in [-0.4, -0.2) is 35.2 Å². The molecule has 3 rings (SSSR count). The van der Waals surface area contributed by atoms with E-state index in [1.807, 2.05) is 25.1 Å². The number of aromatic nitrogens is 2. The second kappa shape index (κ2) is 8.83. The normalized spacial score (nSPS) is 11.0. The summed E-state index contributed by atoms with van der Waals surface area (Å²) in [4.78, 5) is 16.9. The predicted octanol–water partition coefficient (Wildman–Crippen LogP) is 3.70. The van der Waals surface area contributed by atoms with Gasteiger partial charge in [-0.25, -0.2) is 4.98 Å². The van der Waals surface area contributed by atoms with Gasteiger partial charge in [0.05, 0.1) is 17.6 Å². The molecule has 3 aromatic rings. The van der Waals surface area contributed by atoms with Gasteiger partial charge < -0.3 is 14.6 Å². The van der Waals surface area contributed by atoms with E-state index in [1.165, 1.54) is 0 Å². The predicted molar refractivity (Wildman–Crippen MR) is 104 cm³/mol. The molecule has 0 aliphatic rings. The quantitative estimate of drug-likeness (QED) is 0.614. The van der Waals surface area contributed by atoms with Crippen LogP contribution in [0.4, 0.5) is 0 Å². The van der Waals surface area contributed by atoms with E-state index in [-0.39, 0.29) is 5.91 Å². The lowest BCUT2D eigenvalue weighted by atomic mass is 10.2. The average Bonchev–Trinajstić information content (AvgIpc) is 2.99. The number of nitrogens with one attached hydrogen (secondary N) is 1. The van der Waals surface area contributed by atoms with E-state index in [2.05, 4.69) is 16.0 Å². The van der Waals surface area contributed by atoms with Crippen LogP contribution < -0.4 is 5.32 Å². The van der Waals surface area contributed by atoms with Gasteiger partial charge in [0.15, 0.2) is 0 Å². The molecular weight excluding hydrogens is 350 g/mol. The highest BCUT2D eigenvalue weighted by atomic mass is 35.5. The van der Waals surface area contributed by atoms with Crippen molar-refractivity contribution < 1.29 is 9.53 Å². The summed E-state index contributed by atoms with van der Waals surface area (Å²) in [7, 11) is 0. The number of rotatable bonds is 8. The van der Waals surface area contributed by atoms with Crippen LogP contribution >= 0.6 is 11.6 Å². The van der Waals surface area contributed by atoms with Gasteiger partial charge in [0.1, 0.15) is 5.82 Å². The lowest BCUT2D eigenvalue weighted by Gasteiger charge is -2.10. The highest BCUT2D eigenvalue weighted by Crippen LogP contribution is 2.16. The van der Waals surface area contributed by atoms with E-state index in [1.54, 1.807) is 24.3 Å². The maximum Gasteiger partial charge on any atom is 0.251 e. The Hall–Kier alpha value is -2.37. The molecule has 26 heavy (non-hydrogen) atoms. The van der Waals surface area contributed by atoms with E-state index in [9.17, 15) is 4.79 Å². The third kappa shape index (κ3) is 4.42. The van der Waals surface area contributed by atoms with Crippen molar-refractivity contribution in [3.8, 4) is 0 Å². The first-order chi connectivity index (χ1) is 12.7. The fourth-order valence-corrected chi connectivity index (χ4v) is 3.08. The summed E-state index contributed by atoms with van der Waals surface area (Å²) in [6.07, 6.45) is 0.646. The van der Waals surface area contributed by atoms with E-state index >= 15 is 0 Å². The molecule has 1 aromatic heterocycles. The zero-order valence-electron chi connectivity index (χ0n) is 14.7. The van der Waals surface area contributed by atoms with Crippen molar-refractivity contribution in [2.24, 2.45) is 0 Å². The van der Waals surface area contributed by atoms with Crippen molar-refractivity contribution in [1.29, 1.82) is 0 Å². The molecule has 0 aliphatic carbocycles. The second-order valence-electron chi connectivity index (χ2n) is 5.88. The molecule has 1 amide bonds. The van der Waals surface area contributed by atoms with Crippen molar-refractivity contribution >= 4 is 28.5 Å². The van der Waals surface area contributed by atoms with Gasteiger partial charge in [-0.05, 0) is 37.3 Å². The number of carbonyl (C=O) groups is 1. The van der Waals surface area contributed by atoms with Crippen LogP contribution in [0.5, 0.6) is 0 Å². The highest BCUT2D eigenvalue weighted by Gasteiger charge is 2.11. The minimum Gasteiger partial charge on any atom is -0.380 e. The monoisotopic (exact) mass is 371 g/mol. The Labute approximate surface area is 157 Å². The largest absolute Gasteiger partial charge is 0.380 e. The Morgan fingerprint density at radius 1 is 1.23 bits per heavy atom. The summed E-state index contributed by atoms with van der Waals surface area (Å²) >= 11 is 5.94. The topological polar surface area (TPSA) is 56.1 Å². The zero-order valence-corrected chi connectivity index (χ0v) is 15.5. The van der Waals surface area contributed by atoms with Gasteiger partial charge >= 0.3 is 0 Å². The smallest absolute Gasteiger partial charge is 0.251 e. The molecule has 0 radical (unpaired) electrons.